The Balaban J connectivity index is -0.0000000257. The summed E-state index contributed by atoms with van der Waals surface area (Å²) in [7, 11) is 0. The van der Waals surface area contributed by atoms with E-state index in [0.29, 0.717) is 0 Å². The third-order valence-corrected chi connectivity index (χ3v) is 0. The first kappa shape index (κ1) is 36.3. The molecule has 0 aromatic carbocycles. The van der Waals surface area contributed by atoms with Crippen molar-refractivity contribution in [1.82, 2.24) is 0 Å². The summed E-state index contributed by atoms with van der Waals surface area (Å²) in [5.41, 5.74) is 0. The van der Waals surface area contributed by atoms with Crippen LogP contribution in [0.2, 0.25) is 0 Å². The molecule has 0 unspecified atom stereocenters. The van der Waals surface area contributed by atoms with Gasteiger partial charge in [-0.2, -0.15) is 0 Å². The van der Waals surface area contributed by atoms with E-state index < -0.39 is 23.9 Å². The van der Waals surface area contributed by atoms with Gasteiger partial charge in [-0.15, -0.1) is 0 Å². The van der Waals surface area contributed by atoms with E-state index >= 15 is 0 Å². The van der Waals surface area contributed by atoms with E-state index in [1.807, 2.05) is 0 Å². The largest absolute Gasteiger partial charge is 1.00 e. The van der Waals surface area contributed by atoms with E-state index in [9.17, 15) is 0 Å². The second-order valence-electron chi connectivity index (χ2n) is 2.02. The van der Waals surface area contributed by atoms with E-state index in [4.69, 9.17) is 39.6 Å². The molecule has 0 amide bonds. The summed E-state index contributed by atoms with van der Waals surface area (Å²) in [5, 5.41) is 32.6. The molecule has 0 aliphatic heterocycles. The SMILES string of the molecule is CC(=O)O.CC(=O)O.CC(=O)[O-].CC(=O)[O-].[K+].[Na+]. The smallest absolute Gasteiger partial charge is 0.550 e. The molecule has 0 aliphatic carbocycles. The van der Waals surface area contributed by atoms with E-state index in [1.165, 1.54) is 0 Å². The van der Waals surface area contributed by atoms with Crippen LogP contribution in [-0.2, 0) is 19.2 Å². The molecule has 0 spiro atoms. The van der Waals surface area contributed by atoms with Gasteiger partial charge in [0.15, 0.2) is 0 Å². The van der Waals surface area contributed by atoms with Crippen LogP contribution in [0.4, 0.5) is 0 Å². The number of carbonyl (C=O) groups is 4. The van der Waals surface area contributed by atoms with E-state index in [1.54, 1.807) is 0 Å². The molecule has 0 aromatic heterocycles. The molecule has 0 fully saturated rings. The monoisotopic (exact) mass is 300 g/mol. The van der Waals surface area contributed by atoms with Crippen LogP contribution in [0.25, 0.3) is 0 Å². The van der Waals surface area contributed by atoms with E-state index in [-0.39, 0.29) is 80.9 Å². The summed E-state index contributed by atoms with van der Waals surface area (Å²) >= 11 is 0. The van der Waals surface area contributed by atoms with Gasteiger partial charge < -0.3 is 30.0 Å². The van der Waals surface area contributed by atoms with Gasteiger partial charge in [-0.25, -0.2) is 0 Å². The number of hydrogen-bond acceptors (Lipinski definition) is 6. The Morgan fingerprint density at radius 3 is 0.722 bits per heavy atom. The van der Waals surface area contributed by atoms with Gasteiger partial charge in [0.05, 0.1) is 0 Å². The minimum Gasteiger partial charge on any atom is -0.550 e. The Hall–Kier alpha value is 0.516. The molecule has 2 N–H and O–H groups in total. The quantitative estimate of drug-likeness (QED) is 0.418. The van der Waals surface area contributed by atoms with Gasteiger partial charge in [0, 0.05) is 25.8 Å². The van der Waals surface area contributed by atoms with Gasteiger partial charge in [-0.3, -0.25) is 9.59 Å². The minimum atomic E-state index is -1.08. The van der Waals surface area contributed by atoms with Crippen molar-refractivity contribution in [2.24, 2.45) is 0 Å². The Morgan fingerprint density at radius 2 is 0.722 bits per heavy atom. The summed E-state index contributed by atoms with van der Waals surface area (Å²) in [6.07, 6.45) is 0. The molecule has 8 nitrogen and oxygen atoms in total. The molecule has 0 aliphatic rings. The zero-order chi connectivity index (χ0) is 14.3. The fraction of sp³-hybridized carbons (Fsp3) is 0.500. The molecule has 0 atom stereocenters. The fourth-order valence-electron chi connectivity index (χ4n) is 0. The fourth-order valence-corrected chi connectivity index (χ4v) is 0. The maximum absolute atomic E-state index is 9.00. The number of hydrogen-bond donors (Lipinski definition) is 2. The molecular formula is C8H14KNaO8. The average Bonchev–Trinajstić information content (AvgIpc) is 1.76. The number of carboxylic acid groups (broad SMARTS) is 4. The molecule has 10 heteroatoms. The van der Waals surface area contributed by atoms with Crippen molar-refractivity contribution in [2.75, 3.05) is 0 Å². The summed E-state index contributed by atoms with van der Waals surface area (Å²) in [5.74, 6) is -3.83. The Morgan fingerprint density at radius 1 is 0.722 bits per heavy atom. The summed E-state index contributed by atoms with van der Waals surface area (Å²) in [6, 6.07) is 0. The first-order valence-corrected chi connectivity index (χ1v) is 3.67. The standard InChI is InChI=1S/4C2H4O2.K.Na/c4*1-2(3)4;;/h4*1H3,(H,3,4);;/q;;;;2*+1/p-2. The van der Waals surface area contributed by atoms with Crippen LogP contribution in [0.3, 0.4) is 0 Å². The van der Waals surface area contributed by atoms with Crippen molar-refractivity contribution in [3.05, 3.63) is 0 Å². The molecule has 18 heavy (non-hydrogen) atoms. The van der Waals surface area contributed by atoms with Crippen molar-refractivity contribution in [3.8, 4) is 0 Å². The minimum absolute atomic E-state index is 0. The van der Waals surface area contributed by atoms with Crippen LogP contribution < -0.4 is 91.2 Å². The first-order valence-electron chi connectivity index (χ1n) is 3.67. The van der Waals surface area contributed by atoms with Crippen molar-refractivity contribution >= 4 is 23.9 Å². The normalized spacial score (nSPS) is 5.56. The molecule has 0 saturated heterocycles. The van der Waals surface area contributed by atoms with Crippen LogP contribution in [-0.4, -0.2) is 34.1 Å². The number of aliphatic carboxylic acids is 4. The average molecular weight is 300 g/mol. The van der Waals surface area contributed by atoms with Gasteiger partial charge in [0.25, 0.3) is 11.9 Å². The second-order valence-corrected chi connectivity index (χ2v) is 2.02. The maximum Gasteiger partial charge on any atom is 1.00 e. The first-order chi connectivity index (χ1) is 6.93. The van der Waals surface area contributed by atoms with Crippen molar-refractivity contribution in [1.29, 1.82) is 0 Å². The van der Waals surface area contributed by atoms with Gasteiger partial charge in [0.2, 0.25) is 0 Å². The molecule has 0 radical (unpaired) electrons. The number of carbonyl (C=O) groups excluding carboxylic acids is 2. The third-order valence-electron chi connectivity index (χ3n) is 0. The summed E-state index contributed by atoms with van der Waals surface area (Å²) in [6.45, 7) is 4.11. The van der Waals surface area contributed by atoms with Crippen molar-refractivity contribution < 1.29 is 121 Å². The van der Waals surface area contributed by atoms with Crippen LogP contribution >= 0.6 is 0 Å². The molecule has 0 heterocycles. The Bertz CT molecular complexity index is 167. The topological polar surface area (TPSA) is 155 Å². The zero-order valence-corrected chi connectivity index (χ0v) is 16.5. The van der Waals surface area contributed by atoms with Crippen LogP contribution in [0.15, 0.2) is 0 Å². The number of rotatable bonds is 0. The molecule has 0 aromatic rings. The predicted octanol–water partition coefficient (Wildman–Crippen LogP) is -8.30. The van der Waals surface area contributed by atoms with E-state index in [0.717, 1.165) is 27.7 Å². The maximum atomic E-state index is 9.00. The second kappa shape index (κ2) is 30.5. The molecule has 0 saturated carbocycles. The Kier molecular flexibility index (Phi) is 61.5. The molecular weight excluding hydrogens is 286 g/mol. The number of carboxylic acids is 4. The van der Waals surface area contributed by atoms with E-state index in [2.05, 4.69) is 0 Å². The van der Waals surface area contributed by atoms with Gasteiger partial charge in [-0.05, 0) is 13.8 Å². The Labute approximate surface area is 169 Å². The summed E-state index contributed by atoms with van der Waals surface area (Å²) in [4.78, 5) is 35.8. The molecule has 96 valence electrons. The van der Waals surface area contributed by atoms with Crippen LogP contribution in [0.1, 0.15) is 27.7 Å². The van der Waals surface area contributed by atoms with Crippen LogP contribution in [0.5, 0.6) is 0 Å². The van der Waals surface area contributed by atoms with Gasteiger partial charge in [0.1, 0.15) is 0 Å². The van der Waals surface area contributed by atoms with Gasteiger partial charge >= 0.3 is 80.9 Å². The van der Waals surface area contributed by atoms with Crippen molar-refractivity contribution in [3.63, 3.8) is 0 Å². The third kappa shape index (κ3) is 14900. The van der Waals surface area contributed by atoms with Crippen LogP contribution in [0, 0.1) is 0 Å². The zero-order valence-electron chi connectivity index (χ0n) is 11.3. The predicted molar refractivity (Wildman–Crippen MR) is 48.0 cm³/mol. The molecule has 0 bridgehead atoms. The van der Waals surface area contributed by atoms with Gasteiger partial charge in [-0.1, -0.05) is 0 Å². The van der Waals surface area contributed by atoms with Crippen molar-refractivity contribution in [2.45, 2.75) is 27.7 Å². The molecule has 0 rings (SSSR count). The summed E-state index contributed by atoms with van der Waals surface area (Å²) < 4.78 is 0.